The number of carbonyl (C=O) groups excluding carboxylic acids is 1. The first-order valence-electron chi connectivity index (χ1n) is 16.1. The summed E-state index contributed by atoms with van der Waals surface area (Å²) < 4.78 is 13.9. The average molecular weight is 561 g/mol. The van der Waals surface area contributed by atoms with Crippen LogP contribution in [0.15, 0.2) is 23.3 Å². The number of allylic oxidation sites excluding steroid dienone is 3. The lowest BCUT2D eigenvalue weighted by molar-refractivity contribution is -0.113. The van der Waals surface area contributed by atoms with Gasteiger partial charge in [-0.15, -0.1) is 0 Å². The first kappa shape index (κ1) is 32.0. The number of hydrogen-bond acceptors (Lipinski definition) is 3. The van der Waals surface area contributed by atoms with E-state index in [-0.39, 0.29) is 11.3 Å². The highest BCUT2D eigenvalue weighted by molar-refractivity contribution is 6.71. The third-order valence-electron chi connectivity index (χ3n) is 10.2. The normalized spacial score (nSPS) is 32.3. The molecular weight excluding hydrogens is 501 g/mol. The third-order valence-corrected chi connectivity index (χ3v) is 15.2. The Morgan fingerprint density at radius 3 is 2.05 bits per heavy atom. The molecule has 3 saturated carbocycles. The molecule has 3 aliphatic carbocycles. The molecule has 3 fully saturated rings. The van der Waals surface area contributed by atoms with E-state index in [0.717, 1.165) is 19.3 Å². The Bertz CT molecular complexity index is 800. The topological polar surface area (TPSA) is 35.5 Å². The predicted octanol–water partition coefficient (Wildman–Crippen LogP) is 9.86. The minimum absolute atomic E-state index is 0.178. The van der Waals surface area contributed by atoms with Crippen LogP contribution in [0.3, 0.4) is 0 Å². The highest BCUT2D eigenvalue weighted by Gasteiger charge is 2.50. The molecule has 3 nitrogen and oxygen atoms in total. The van der Waals surface area contributed by atoms with Crippen molar-refractivity contribution >= 4 is 22.9 Å². The second-order valence-corrected chi connectivity index (χ2v) is 23.0. The quantitative estimate of drug-likeness (QED) is 0.166. The van der Waals surface area contributed by atoms with E-state index in [0.29, 0.717) is 24.0 Å². The van der Waals surface area contributed by atoms with Crippen molar-refractivity contribution in [2.75, 3.05) is 0 Å². The SMILES string of the molecule is CCCC[Si](C)(C)O[C@@H]1CC(=CC=C2CCC[C@]3(C)[C@@H]([C@H](C)C=O)CC[C@@H]23)C[C@@H](O[Si](C)(C)CCCC)C1. The van der Waals surface area contributed by atoms with Crippen LogP contribution in [0.5, 0.6) is 0 Å². The summed E-state index contributed by atoms with van der Waals surface area (Å²) in [4.78, 5) is 11.7. The summed E-state index contributed by atoms with van der Waals surface area (Å²) in [5.74, 6) is 1.36. The molecule has 3 rings (SSSR count). The van der Waals surface area contributed by atoms with Gasteiger partial charge in [-0.05, 0) is 107 Å². The van der Waals surface area contributed by atoms with Crippen LogP contribution >= 0.6 is 0 Å². The van der Waals surface area contributed by atoms with Gasteiger partial charge in [0.1, 0.15) is 6.29 Å². The summed E-state index contributed by atoms with van der Waals surface area (Å²) in [6.45, 7) is 18.9. The molecular formula is C33H60O3Si2. The summed E-state index contributed by atoms with van der Waals surface area (Å²) in [6.07, 6.45) is 21.2. The lowest BCUT2D eigenvalue weighted by Crippen LogP contribution is -2.43. The van der Waals surface area contributed by atoms with Crippen molar-refractivity contribution in [2.24, 2.45) is 23.2 Å². The summed E-state index contributed by atoms with van der Waals surface area (Å²) in [7, 11) is -3.34. The first-order chi connectivity index (χ1) is 17.9. The molecule has 0 saturated heterocycles. The number of carbonyl (C=O) groups is 1. The maximum Gasteiger partial charge on any atom is 0.187 e. The Morgan fingerprint density at radius 2 is 1.53 bits per heavy atom. The van der Waals surface area contributed by atoms with Crippen LogP contribution in [0, 0.1) is 23.2 Å². The van der Waals surface area contributed by atoms with E-state index in [1.54, 1.807) is 5.57 Å². The lowest BCUT2D eigenvalue weighted by atomic mass is 9.61. The van der Waals surface area contributed by atoms with E-state index in [2.05, 4.69) is 66.0 Å². The van der Waals surface area contributed by atoms with E-state index < -0.39 is 16.6 Å². The summed E-state index contributed by atoms with van der Waals surface area (Å²) in [5.41, 5.74) is 3.46. The monoisotopic (exact) mass is 560 g/mol. The van der Waals surface area contributed by atoms with Crippen LogP contribution < -0.4 is 0 Å². The average Bonchev–Trinajstić information content (AvgIpc) is 3.21. The van der Waals surface area contributed by atoms with Gasteiger partial charge in [-0.1, -0.05) is 76.7 Å². The summed E-state index contributed by atoms with van der Waals surface area (Å²) in [5, 5.41) is 0. The van der Waals surface area contributed by atoms with E-state index in [9.17, 15) is 4.79 Å². The Labute approximate surface area is 237 Å². The van der Waals surface area contributed by atoms with Gasteiger partial charge in [0.15, 0.2) is 16.6 Å². The van der Waals surface area contributed by atoms with Crippen molar-refractivity contribution in [1.82, 2.24) is 0 Å². The Balaban J connectivity index is 1.79. The zero-order valence-electron chi connectivity index (χ0n) is 26.2. The van der Waals surface area contributed by atoms with Crippen molar-refractivity contribution in [3.63, 3.8) is 0 Å². The van der Waals surface area contributed by atoms with Gasteiger partial charge >= 0.3 is 0 Å². The van der Waals surface area contributed by atoms with Crippen LogP contribution in [-0.2, 0) is 13.6 Å². The van der Waals surface area contributed by atoms with Gasteiger partial charge in [-0.25, -0.2) is 0 Å². The number of hydrogen-bond donors (Lipinski definition) is 0. The number of unbranched alkanes of at least 4 members (excludes halogenated alkanes) is 2. The fourth-order valence-electron chi connectivity index (χ4n) is 8.13. The van der Waals surface area contributed by atoms with Gasteiger partial charge in [-0.2, -0.15) is 0 Å². The van der Waals surface area contributed by atoms with Crippen LogP contribution in [0.25, 0.3) is 0 Å². The number of fused-ring (bicyclic) bond motifs is 1. The van der Waals surface area contributed by atoms with Gasteiger partial charge in [-0.3, -0.25) is 0 Å². The molecule has 218 valence electrons. The maximum absolute atomic E-state index is 11.7. The lowest BCUT2D eigenvalue weighted by Gasteiger charge is -2.43. The van der Waals surface area contributed by atoms with E-state index in [4.69, 9.17) is 8.85 Å². The molecule has 0 unspecified atom stereocenters. The van der Waals surface area contributed by atoms with Gasteiger partial charge in [0.25, 0.3) is 0 Å². The van der Waals surface area contributed by atoms with Crippen molar-refractivity contribution in [2.45, 2.75) is 155 Å². The van der Waals surface area contributed by atoms with Crippen LogP contribution in [0.2, 0.25) is 38.3 Å². The van der Waals surface area contributed by atoms with E-state index in [1.165, 1.54) is 81.7 Å². The van der Waals surface area contributed by atoms with Crippen molar-refractivity contribution < 1.29 is 13.6 Å². The second kappa shape index (κ2) is 13.9. The van der Waals surface area contributed by atoms with Crippen molar-refractivity contribution in [1.29, 1.82) is 0 Å². The zero-order chi connectivity index (χ0) is 28.0. The molecule has 0 spiro atoms. The fraction of sp³-hybridized carbons (Fsp3) is 0.848. The van der Waals surface area contributed by atoms with Crippen LogP contribution in [0.4, 0.5) is 0 Å². The molecule has 6 atom stereocenters. The standard InChI is InChI=1S/C33H60O3Si2/c1-9-11-20-37(5,6)35-29-22-27(23-30(24-29)36-38(7,8)21-12-10-2)15-16-28-14-13-19-33(4)31(26(3)25-34)17-18-32(28)33/h15-16,25-26,29-32H,9-14,17-24H2,1-8H3/t26-,29-,30-,31-,32+,33-/m1/s1. The molecule has 0 bridgehead atoms. The Morgan fingerprint density at radius 1 is 0.947 bits per heavy atom. The number of aldehydes is 1. The summed E-state index contributed by atoms with van der Waals surface area (Å²) >= 11 is 0. The smallest absolute Gasteiger partial charge is 0.187 e. The van der Waals surface area contributed by atoms with Crippen LogP contribution in [0.1, 0.15) is 105 Å². The van der Waals surface area contributed by atoms with E-state index >= 15 is 0 Å². The van der Waals surface area contributed by atoms with Gasteiger partial charge in [0.05, 0.1) is 12.2 Å². The van der Waals surface area contributed by atoms with Gasteiger partial charge < -0.3 is 13.6 Å². The fourth-order valence-corrected chi connectivity index (χ4v) is 12.9. The zero-order valence-corrected chi connectivity index (χ0v) is 28.2. The van der Waals surface area contributed by atoms with Gasteiger partial charge in [0, 0.05) is 5.92 Å². The van der Waals surface area contributed by atoms with Crippen molar-refractivity contribution in [3.8, 4) is 0 Å². The molecule has 0 heterocycles. The molecule has 0 amide bonds. The van der Waals surface area contributed by atoms with Crippen molar-refractivity contribution in [3.05, 3.63) is 23.3 Å². The Kier molecular flexibility index (Phi) is 11.7. The molecule has 5 heteroatoms. The molecule has 38 heavy (non-hydrogen) atoms. The summed E-state index contributed by atoms with van der Waals surface area (Å²) in [6, 6.07) is 2.51. The third kappa shape index (κ3) is 8.50. The minimum Gasteiger partial charge on any atom is -0.414 e. The molecule has 0 aliphatic heterocycles. The first-order valence-corrected chi connectivity index (χ1v) is 22.4. The molecule has 3 aliphatic rings. The largest absolute Gasteiger partial charge is 0.414 e. The molecule has 0 N–H and O–H groups in total. The van der Waals surface area contributed by atoms with Crippen LogP contribution in [-0.4, -0.2) is 35.1 Å². The van der Waals surface area contributed by atoms with E-state index in [1.807, 2.05) is 0 Å². The second-order valence-electron chi connectivity index (χ2n) is 14.5. The molecule has 0 radical (unpaired) electrons. The maximum atomic E-state index is 11.7. The predicted molar refractivity (Wildman–Crippen MR) is 168 cm³/mol. The molecule has 0 aromatic heterocycles. The number of rotatable bonds is 13. The van der Waals surface area contributed by atoms with Gasteiger partial charge in [0.2, 0.25) is 0 Å². The minimum atomic E-state index is -1.67. The Hall–Kier alpha value is -0.496. The highest BCUT2D eigenvalue weighted by Crippen LogP contribution is 2.59. The molecule has 0 aromatic carbocycles. The molecule has 0 aromatic rings. The highest BCUT2D eigenvalue weighted by atomic mass is 28.4.